The molecule has 0 amide bonds. The highest BCUT2D eigenvalue weighted by molar-refractivity contribution is 9.09. The molecule has 0 heterocycles. The van der Waals surface area contributed by atoms with Crippen molar-refractivity contribution in [3.63, 3.8) is 0 Å². The third-order valence-electron chi connectivity index (χ3n) is 2.75. The predicted octanol–water partition coefficient (Wildman–Crippen LogP) is 4.92. The smallest absolute Gasteiger partial charge is 0.159 e. The average Bonchev–Trinajstić information content (AvgIpc) is 2.37. The van der Waals surface area contributed by atoms with E-state index < -0.39 is 28.1 Å². The first-order valence-corrected chi connectivity index (χ1v) is 6.42. The number of alkyl halides is 1. The number of benzene rings is 2. The van der Waals surface area contributed by atoms with Gasteiger partial charge in [-0.1, -0.05) is 28.1 Å². The summed E-state index contributed by atoms with van der Waals surface area (Å²) in [5.41, 5.74) is 0.329. The van der Waals surface area contributed by atoms with E-state index in [0.29, 0.717) is 5.56 Å². The summed E-state index contributed by atoms with van der Waals surface area (Å²) in [5, 5.41) is 0. The first kappa shape index (κ1) is 14.1. The maximum atomic E-state index is 13.5. The Labute approximate surface area is 116 Å². The Morgan fingerprint density at radius 3 is 2.05 bits per heavy atom. The molecule has 5 heteroatoms. The van der Waals surface area contributed by atoms with Crippen LogP contribution in [-0.4, -0.2) is 0 Å². The van der Waals surface area contributed by atoms with Crippen LogP contribution in [0.15, 0.2) is 36.4 Å². The minimum absolute atomic E-state index is 0.00355. The molecule has 1 unspecified atom stereocenters. The molecule has 0 aromatic heterocycles. The Kier molecular flexibility index (Phi) is 4.24. The monoisotopic (exact) mass is 332 g/mol. The van der Waals surface area contributed by atoms with Crippen molar-refractivity contribution < 1.29 is 17.6 Å². The van der Waals surface area contributed by atoms with Crippen molar-refractivity contribution >= 4 is 15.9 Å². The van der Waals surface area contributed by atoms with Crippen LogP contribution in [0.2, 0.25) is 0 Å². The van der Waals surface area contributed by atoms with E-state index >= 15 is 0 Å². The van der Waals surface area contributed by atoms with Crippen LogP contribution in [0.1, 0.15) is 16.0 Å². The summed E-state index contributed by atoms with van der Waals surface area (Å²) in [4.78, 5) is -0.506. The lowest BCUT2D eigenvalue weighted by atomic mass is 10.0. The second kappa shape index (κ2) is 5.74. The van der Waals surface area contributed by atoms with Gasteiger partial charge in [0.15, 0.2) is 11.6 Å². The lowest BCUT2D eigenvalue weighted by Gasteiger charge is -2.12. The molecule has 0 radical (unpaired) electrons. The number of halogens is 5. The van der Waals surface area contributed by atoms with E-state index in [-0.39, 0.29) is 12.0 Å². The van der Waals surface area contributed by atoms with Gasteiger partial charge in [-0.25, -0.2) is 17.6 Å². The van der Waals surface area contributed by atoms with E-state index in [2.05, 4.69) is 15.9 Å². The molecule has 0 saturated heterocycles. The maximum Gasteiger partial charge on any atom is 0.159 e. The first-order chi connectivity index (χ1) is 8.99. The molecule has 2 rings (SSSR count). The summed E-state index contributed by atoms with van der Waals surface area (Å²) < 4.78 is 52.8. The second-order valence-electron chi connectivity index (χ2n) is 4.05. The summed E-state index contributed by atoms with van der Waals surface area (Å²) in [5.74, 6) is -3.27. The summed E-state index contributed by atoms with van der Waals surface area (Å²) >= 11 is 3.23. The SMILES string of the molecule is Fc1ccc(C(Br)Cc2c(F)cccc2F)cc1F. The second-order valence-corrected chi connectivity index (χ2v) is 5.15. The van der Waals surface area contributed by atoms with Crippen LogP contribution in [0.4, 0.5) is 17.6 Å². The third-order valence-corrected chi connectivity index (χ3v) is 3.60. The topological polar surface area (TPSA) is 0 Å². The largest absolute Gasteiger partial charge is 0.207 e. The summed E-state index contributed by atoms with van der Waals surface area (Å²) in [6.07, 6.45) is 0.00355. The number of hydrogen-bond acceptors (Lipinski definition) is 0. The van der Waals surface area contributed by atoms with E-state index in [0.717, 1.165) is 24.3 Å². The zero-order chi connectivity index (χ0) is 14.0. The van der Waals surface area contributed by atoms with E-state index in [1.807, 2.05) is 0 Å². The van der Waals surface area contributed by atoms with Crippen LogP contribution in [0, 0.1) is 23.3 Å². The van der Waals surface area contributed by atoms with Gasteiger partial charge in [0.2, 0.25) is 0 Å². The molecule has 0 aliphatic rings. The fraction of sp³-hybridized carbons (Fsp3) is 0.143. The highest BCUT2D eigenvalue weighted by atomic mass is 79.9. The summed E-state index contributed by atoms with van der Waals surface area (Å²) in [6.45, 7) is 0. The molecule has 0 nitrogen and oxygen atoms in total. The highest BCUT2D eigenvalue weighted by Gasteiger charge is 2.16. The van der Waals surface area contributed by atoms with Gasteiger partial charge in [0.05, 0.1) is 0 Å². The van der Waals surface area contributed by atoms with Crippen molar-refractivity contribution in [3.05, 3.63) is 70.8 Å². The Morgan fingerprint density at radius 2 is 1.47 bits per heavy atom. The van der Waals surface area contributed by atoms with Gasteiger partial charge in [-0.3, -0.25) is 0 Å². The van der Waals surface area contributed by atoms with Gasteiger partial charge < -0.3 is 0 Å². The van der Waals surface area contributed by atoms with Gasteiger partial charge in [-0.2, -0.15) is 0 Å². The van der Waals surface area contributed by atoms with Gasteiger partial charge in [-0.15, -0.1) is 0 Å². The summed E-state index contributed by atoms with van der Waals surface area (Å²) in [7, 11) is 0. The number of hydrogen-bond donors (Lipinski definition) is 0. The molecule has 100 valence electrons. The zero-order valence-corrected chi connectivity index (χ0v) is 11.2. The first-order valence-electron chi connectivity index (χ1n) is 5.51. The fourth-order valence-electron chi connectivity index (χ4n) is 1.73. The van der Waals surface area contributed by atoms with Crippen molar-refractivity contribution in [2.75, 3.05) is 0 Å². The summed E-state index contributed by atoms with van der Waals surface area (Å²) in [6, 6.07) is 6.95. The molecular formula is C14H9BrF4. The quantitative estimate of drug-likeness (QED) is 0.552. The van der Waals surface area contributed by atoms with Gasteiger partial charge in [-0.05, 0) is 36.2 Å². The van der Waals surface area contributed by atoms with Crippen molar-refractivity contribution in [1.82, 2.24) is 0 Å². The van der Waals surface area contributed by atoms with E-state index in [1.165, 1.54) is 12.1 Å². The van der Waals surface area contributed by atoms with Gasteiger partial charge in [0.1, 0.15) is 11.6 Å². The van der Waals surface area contributed by atoms with Gasteiger partial charge >= 0.3 is 0 Å². The van der Waals surface area contributed by atoms with Crippen LogP contribution in [-0.2, 0) is 6.42 Å². The predicted molar refractivity (Wildman–Crippen MR) is 68.1 cm³/mol. The van der Waals surface area contributed by atoms with Crippen LogP contribution >= 0.6 is 15.9 Å². The molecule has 0 saturated carbocycles. The molecular weight excluding hydrogens is 324 g/mol. The van der Waals surface area contributed by atoms with Crippen LogP contribution in [0.3, 0.4) is 0 Å². The lowest BCUT2D eigenvalue weighted by Crippen LogP contribution is -2.02. The van der Waals surface area contributed by atoms with E-state index in [4.69, 9.17) is 0 Å². The zero-order valence-electron chi connectivity index (χ0n) is 9.64. The normalized spacial score (nSPS) is 12.5. The molecule has 1 atom stereocenters. The van der Waals surface area contributed by atoms with Crippen molar-refractivity contribution in [3.8, 4) is 0 Å². The highest BCUT2D eigenvalue weighted by Crippen LogP contribution is 2.29. The molecule has 19 heavy (non-hydrogen) atoms. The van der Waals surface area contributed by atoms with E-state index in [1.54, 1.807) is 0 Å². The Bertz CT molecular complexity index is 578. The Balaban J connectivity index is 2.25. The molecule has 0 spiro atoms. The molecule has 2 aromatic rings. The van der Waals surface area contributed by atoms with Gasteiger partial charge in [0, 0.05) is 10.4 Å². The fourth-order valence-corrected chi connectivity index (χ4v) is 2.34. The van der Waals surface area contributed by atoms with Gasteiger partial charge in [0.25, 0.3) is 0 Å². The van der Waals surface area contributed by atoms with Crippen LogP contribution in [0.25, 0.3) is 0 Å². The lowest BCUT2D eigenvalue weighted by molar-refractivity contribution is 0.506. The minimum atomic E-state index is -0.990. The molecule has 0 fully saturated rings. The average molecular weight is 333 g/mol. The number of rotatable bonds is 3. The maximum absolute atomic E-state index is 13.5. The molecule has 0 aliphatic carbocycles. The van der Waals surface area contributed by atoms with Crippen LogP contribution in [0.5, 0.6) is 0 Å². The van der Waals surface area contributed by atoms with Crippen LogP contribution < -0.4 is 0 Å². The Hall–Kier alpha value is -1.36. The molecule has 0 aliphatic heterocycles. The van der Waals surface area contributed by atoms with Crippen molar-refractivity contribution in [2.24, 2.45) is 0 Å². The molecule has 0 bridgehead atoms. The standard InChI is InChI=1S/C14H9BrF4/c15-10(8-4-5-13(18)14(19)6-8)7-9-11(16)2-1-3-12(9)17/h1-6,10H,7H2. The van der Waals surface area contributed by atoms with Crippen molar-refractivity contribution in [2.45, 2.75) is 11.2 Å². The van der Waals surface area contributed by atoms with E-state index in [9.17, 15) is 17.6 Å². The minimum Gasteiger partial charge on any atom is -0.207 e. The molecule has 0 N–H and O–H groups in total. The molecule has 2 aromatic carbocycles. The van der Waals surface area contributed by atoms with Crippen molar-refractivity contribution in [1.29, 1.82) is 0 Å². The third kappa shape index (κ3) is 3.15. The Morgan fingerprint density at radius 1 is 0.842 bits per heavy atom.